The van der Waals surface area contributed by atoms with Gasteiger partial charge in [-0.3, -0.25) is 4.98 Å². The van der Waals surface area contributed by atoms with Crippen molar-refractivity contribution in [1.29, 1.82) is 0 Å². The molecule has 1 unspecified atom stereocenters. The van der Waals surface area contributed by atoms with Crippen molar-refractivity contribution in [2.24, 2.45) is 0 Å². The SMILES string of the molecule is COC(=O)c1cc(CNCC(O)c2ccncc2)c[nH]1. The minimum Gasteiger partial charge on any atom is -0.464 e. The first-order valence-electron chi connectivity index (χ1n) is 6.25. The van der Waals surface area contributed by atoms with Crippen LogP contribution < -0.4 is 5.32 Å². The van der Waals surface area contributed by atoms with E-state index in [1.54, 1.807) is 36.8 Å². The molecule has 0 saturated heterocycles. The van der Waals surface area contributed by atoms with Gasteiger partial charge in [-0.1, -0.05) is 0 Å². The number of aromatic nitrogens is 2. The summed E-state index contributed by atoms with van der Waals surface area (Å²) < 4.78 is 4.61. The molecule has 6 nitrogen and oxygen atoms in total. The Morgan fingerprint density at radius 1 is 1.50 bits per heavy atom. The van der Waals surface area contributed by atoms with Gasteiger partial charge in [-0.05, 0) is 29.3 Å². The van der Waals surface area contributed by atoms with Crippen LogP contribution in [0.15, 0.2) is 36.8 Å². The van der Waals surface area contributed by atoms with Gasteiger partial charge < -0.3 is 20.1 Å². The van der Waals surface area contributed by atoms with Gasteiger partial charge in [0.25, 0.3) is 0 Å². The molecular weight excluding hydrogens is 258 g/mol. The molecule has 20 heavy (non-hydrogen) atoms. The standard InChI is InChI=1S/C14H17N3O3/c1-20-14(19)12-6-10(8-17-12)7-16-9-13(18)11-2-4-15-5-3-11/h2-6,8,13,16-18H,7,9H2,1H3. The van der Waals surface area contributed by atoms with Crippen molar-refractivity contribution in [2.75, 3.05) is 13.7 Å². The number of H-pyrrole nitrogens is 1. The van der Waals surface area contributed by atoms with Crippen molar-refractivity contribution < 1.29 is 14.6 Å². The Bertz CT molecular complexity index is 554. The molecule has 1 atom stereocenters. The first-order chi connectivity index (χ1) is 9.70. The topological polar surface area (TPSA) is 87.2 Å². The number of aliphatic hydroxyl groups is 1. The average molecular weight is 275 g/mol. The number of esters is 1. The van der Waals surface area contributed by atoms with E-state index in [4.69, 9.17) is 0 Å². The van der Waals surface area contributed by atoms with E-state index in [0.29, 0.717) is 18.8 Å². The van der Waals surface area contributed by atoms with E-state index >= 15 is 0 Å². The second-order valence-corrected chi connectivity index (χ2v) is 4.34. The van der Waals surface area contributed by atoms with Crippen molar-refractivity contribution in [3.05, 3.63) is 53.6 Å². The second kappa shape index (κ2) is 6.83. The maximum atomic E-state index is 11.3. The normalized spacial score (nSPS) is 12.1. The lowest BCUT2D eigenvalue weighted by Crippen LogP contribution is -2.20. The van der Waals surface area contributed by atoms with E-state index in [2.05, 4.69) is 20.0 Å². The number of nitrogens with one attached hydrogen (secondary N) is 2. The van der Waals surface area contributed by atoms with Gasteiger partial charge in [-0.25, -0.2) is 4.79 Å². The van der Waals surface area contributed by atoms with Gasteiger partial charge >= 0.3 is 5.97 Å². The molecule has 0 saturated carbocycles. The predicted molar refractivity (Wildman–Crippen MR) is 73.0 cm³/mol. The Kier molecular flexibility index (Phi) is 4.86. The summed E-state index contributed by atoms with van der Waals surface area (Å²) in [7, 11) is 1.34. The quantitative estimate of drug-likeness (QED) is 0.685. The van der Waals surface area contributed by atoms with Gasteiger partial charge in [0.1, 0.15) is 5.69 Å². The van der Waals surface area contributed by atoms with Crippen LogP contribution in [-0.4, -0.2) is 34.7 Å². The number of hydrogen-bond donors (Lipinski definition) is 3. The molecule has 2 aromatic heterocycles. The predicted octanol–water partition coefficient (Wildman–Crippen LogP) is 1.02. The van der Waals surface area contributed by atoms with Crippen LogP contribution in [0.25, 0.3) is 0 Å². The van der Waals surface area contributed by atoms with Crippen LogP contribution in [0.4, 0.5) is 0 Å². The minimum atomic E-state index is -0.586. The third-order valence-corrected chi connectivity index (χ3v) is 2.91. The highest BCUT2D eigenvalue weighted by Gasteiger charge is 2.09. The van der Waals surface area contributed by atoms with E-state index in [1.807, 2.05) is 0 Å². The molecule has 0 aromatic carbocycles. The first-order valence-corrected chi connectivity index (χ1v) is 6.25. The number of ether oxygens (including phenoxy) is 1. The van der Waals surface area contributed by atoms with Gasteiger partial charge in [-0.15, -0.1) is 0 Å². The smallest absolute Gasteiger partial charge is 0.354 e. The van der Waals surface area contributed by atoms with Gasteiger partial charge in [0, 0.05) is 31.7 Å². The van der Waals surface area contributed by atoms with E-state index in [1.165, 1.54) is 7.11 Å². The molecule has 0 aliphatic carbocycles. The zero-order valence-corrected chi connectivity index (χ0v) is 11.2. The summed E-state index contributed by atoms with van der Waals surface area (Å²) in [5.74, 6) is -0.395. The van der Waals surface area contributed by atoms with Crippen LogP contribution in [0.3, 0.4) is 0 Å². The second-order valence-electron chi connectivity index (χ2n) is 4.34. The fraction of sp³-hybridized carbons (Fsp3) is 0.286. The molecule has 0 bridgehead atoms. The summed E-state index contributed by atoms with van der Waals surface area (Å²) in [6.07, 6.45) is 4.44. The molecule has 0 spiro atoms. The molecule has 2 heterocycles. The highest BCUT2D eigenvalue weighted by Crippen LogP contribution is 2.10. The van der Waals surface area contributed by atoms with Crippen molar-refractivity contribution in [3.63, 3.8) is 0 Å². The maximum Gasteiger partial charge on any atom is 0.354 e. The zero-order chi connectivity index (χ0) is 14.4. The van der Waals surface area contributed by atoms with Crippen LogP contribution in [-0.2, 0) is 11.3 Å². The number of hydrogen-bond acceptors (Lipinski definition) is 5. The molecule has 6 heteroatoms. The molecule has 0 fully saturated rings. The molecule has 0 aliphatic heterocycles. The van der Waals surface area contributed by atoms with Crippen LogP contribution in [0.5, 0.6) is 0 Å². The largest absolute Gasteiger partial charge is 0.464 e. The summed E-state index contributed by atoms with van der Waals surface area (Å²) in [6.45, 7) is 0.971. The van der Waals surface area contributed by atoms with E-state index in [0.717, 1.165) is 11.1 Å². The summed E-state index contributed by atoms with van der Waals surface area (Å²) in [6, 6.07) is 5.27. The molecule has 106 valence electrons. The minimum absolute atomic E-state index is 0.395. The first kappa shape index (κ1) is 14.2. The molecule has 0 amide bonds. The summed E-state index contributed by atoms with van der Waals surface area (Å²) >= 11 is 0. The number of nitrogens with zero attached hydrogens (tertiary/aromatic N) is 1. The van der Waals surface area contributed by atoms with Crippen molar-refractivity contribution in [1.82, 2.24) is 15.3 Å². The number of aromatic amines is 1. The Morgan fingerprint density at radius 2 is 2.25 bits per heavy atom. The Balaban J connectivity index is 1.81. The van der Waals surface area contributed by atoms with Gasteiger partial charge in [-0.2, -0.15) is 0 Å². The summed E-state index contributed by atoms with van der Waals surface area (Å²) in [5, 5.41) is 13.1. The Hall–Kier alpha value is -2.18. The lowest BCUT2D eigenvalue weighted by Gasteiger charge is -2.11. The zero-order valence-electron chi connectivity index (χ0n) is 11.2. The lowest BCUT2D eigenvalue weighted by atomic mass is 10.1. The lowest BCUT2D eigenvalue weighted by molar-refractivity contribution is 0.0595. The van der Waals surface area contributed by atoms with Crippen LogP contribution in [0.2, 0.25) is 0 Å². The van der Waals surface area contributed by atoms with E-state index < -0.39 is 12.1 Å². The number of carbonyl (C=O) groups is 1. The molecule has 0 aliphatic rings. The monoisotopic (exact) mass is 275 g/mol. The van der Waals surface area contributed by atoms with E-state index in [9.17, 15) is 9.90 Å². The van der Waals surface area contributed by atoms with Crippen molar-refractivity contribution in [3.8, 4) is 0 Å². The van der Waals surface area contributed by atoms with Crippen LogP contribution in [0, 0.1) is 0 Å². The van der Waals surface area contributed by atoms with Crippen LogP contribution >= 0.6 is 0 Å². The highest BCUT2D eigenvalue weighted by atomic mass is 16.5. The van der Waals surface area contributed by atoms with Gasteiger partial charge in [0.05, 0.1) is 13.2 Å². The number of aliphatic hydroxyl groups excluding tert-OH is 1. The van der Waals surface area contributed by atoms with Crippen molar-refractivity contribution >= 4 is 5.97 Å². The average Bonchev–Trinajstić information content (AvgIpc) is 2.96. The molecule has 3 N–H and O–H groups in total. The van der Waals surface area contributed by atoms with E-state index in [-0.39, 0.29) is 0 Å². The summed E-state index contributed by atoms with van der Waals surface area (Å²) in [4.78, 5) is 18.0. The Labute approximate surface area is 116 Å². The Morgan fingerprint density at radius 3 is 2.95 bits per heavy atom. The molecule has 0 radical (unpaired) electrons. The number of methoxy groups -OCH3 is 1. The number of pyridine rings is 1. The molecular formula is C14H17N3O3. The molecule has 2 aromatic rings. The number of carbonyl (C=O) groups excluding carboxylic acids is 1. The van der Waals surface area contributed by atoms with Crippen molar-refractivity contribution in [2.45, 2.75) is 12.6 Å². The maximum absolute atomic E-state index is 11.3. The van der Waals surface area contributed by atoms with Gasteiger partial charge in [0.2, 0.25) is 0 Å². The van der Waals surface area contributed by atoms with Gasteiger partial charge in [0.15, 0.2) is 0 Å². The third-order valence-electron chi connectivity index (χ3n) is 2.91. The third kappa shape index (κ3) is 3.66. The fourth-order valence-electron chi connectivity index (χ4n) is 1.83. The highest BCUT2D eigenvalue weighted by molar-refractivity contribution is 5.87. The molecule has 2 rings (SSSR count). The van der Waals surface area contributed by atoms with Crippen LogP contribution in [0.1, 0.15) is 27.7 Å². The summed E-state index contributed by atoms with van der Waals surface area (Å²) in [5.41, 5.74) is 2.16. The fourth-order valence-corrected chi connectivity index (χ4v) is 1.83. The number of rotatable bonds is 6.